The second kappa shape index (κ2) is 3.75. The summed E-state index contributed by atoms with van der Waals surface area (Å²) in [7, 11) is 0. The summed E-state index contributed by atoms with van der Waals surface area (Å²) >= 11 is 4.02. The van der Waals surface area contributed by atoms with Crippen molar-refractivity contribution in [2.45, 2.75) is 13.5 Å². The average molecular weight is 305 g/mol. The lowest BCUT2D eigenvalue weighted by molar-refractivity contribution is 0.768. The first-order chi connectivity index (χ1) is 6.33. The molecule has 0 N–H and O–H groups in total. The number of aryl methyl sites for hydroxylation is 1. The van der Waals surface area contributed by atoms with Gasteiger partial charge in [0.15, 0.2) is 5.82 Å². The van der Waals surface area contributed by atoms with Crippen LogP contribution in [0.25, 0.3) is 10.7 Å². The van der Waals surface area contributed by atoms with Crippen molar-refractivity contribution in [1.29, 1.82) is 0 Å². The van der Waals surface area contributed by atoms with Crippen molar-refractivity contribution >= 4 is 33.9 Å². The first kappa shape index (κ1) is 9.14. The summed E-state index contributed by atoms with van der Waals surface area (Å²) in [6.45, 7) is 3.00. The minimum atomic E-state index is 0.913. The Labute approximate surface area is 93.9 Å². The van der Waals surface area contributed by atoms with E-state index in [-0.39, 0.29) is 0 Å². The molecule has 0 saturated carbocycles. The van der Waals surface area contributed by atoms with Crippen molar-refractivity contribution in [2.24, 2.45) is 0 Å². The summed E-state index contributed by atoms with van der Waals surface area (Å²) in [5, 5.41) is 10.1. The fourth-order valence-electron chi connectivity index (χ4n) is 1.12. The van der Waals surface area contributed by atoms with Gasteiger partial charge in [0.1, 0.15) is 6.33 Å². The quantitative estimate of drug-likeness (QED) is 0.799. The third-order valence-electron chi connectivity index (χ3n) is 1.78. The monoisotopic (exact) mass is 305 g/mol. The number of hydrogen-bond acceptors (Lipinski definition) is 3. The van der Waals surface area contributed by atoms with Crippen molar-refractivity contribution in [1.82, 2.24) is 14.8 Å². The van der Waals surface area contributed by atoms with Crippen molar-refractivity contribution in [3.63, 3.8) is 0 Å². The first-order valence-corrected chi connectivity index (χ1v) is 5.90. The molecule has 2 heterocycles. The van der Waals surface area contributed by atoms with E-state index in [0.717, 1.165) is 12.4 Å². The van der Waals surface area contributed by atoms with Crippen molar-refractivity contribution in [3.8, 4) is 10.7 Å². The van der Waals surface area contributed by atoms with E-state index >= 15 is 0 Å². The Bertz CT molecular complexity index is 407. The van der Waals surface area contributed by atoms with Gasteiger partial charge in [-0.25, -0.2) is 0 Å². The third-order valence-corrected chi connectivity index (χ3v) is 3.95. The van der Waals surface area contributed by atoms with E-state index in [0.29, 0.717) is 0 Å². The van der Waals surface area contributed by atoms with Crippen LogP contribution in [0.3, 0.4) is 0 Å². The lowest BCUT2D eigenvalue weighted by Gasteiger charge is -2.00. The molecule has 0 aliphatic carbocycles. The van der Waals surface area contributed by atoms with Gasteiger partial charge in [-0.05, 0) is 41.0 Å². The third kappa shape index (κ3) is 1.62. The molecule has 0 fully saturated rings. The van der Waals surface area contributed by atoms with Crippen LogP contribution in [-0.2, 0) is 6.54 Å². The standard InChI is InChI=1S/C8H8IN3S/c1-2-12-5-10-11-8(12)7-6(9)3-4-13-7/h3-5H,2H2,1H3. The molecule has 2 aromatic heterocycles. The minimum Gasteiger partial charge on any atom is -0.313 e. The molecule has 0 bridgehead atoms. The summed E-state index contributed by atoms with van der Waals surface area (Å²) < 4.78 is 3.29. The summed E-state index contributed by atoms with van der Waals surface area (Å²) in [5.74, 6) is 0.974. The zero-order valence-electron chi connectivity index (χ0n) is 7.07. The van der Waals surface area contributed by atoms with Crippen LogP contribution in [0, 0.1) is 3.57 Å². The summed E-state index contributed by atoms with van der Waals surface area (Å²) in [6, 6.07) is 2.09. The molecule has 0 amide bonds. The zero-order chi connectivity index (χ0) is 9.26. The van der Waals surface area contributed by atoms with E-state index in [1.165, 1.54) is 8.45 Å². The molecule has 0 radical (unpaired) electrons. The maximum Gasteiger partial charge on any atom is 0.174 e. The van der Waals surface area contributed by atoms with E-state index in [4.69, 9.17) is 0 Å². The Morgan fingerprint density at radius 2 is 2.46 bits per heavy atom. The highest BCUT2D eigenvalue weighted by Gasteiger charge is 2.10. The minimum absolute atomic E-state index is 0.913. The van der Waals surface area contributed by atoms with Crippen LogP contribution in [0.2, 0.25) is 0 Å². The number of halogens is 1. The van der Waals surface area contributed by atoms with Gasteiger partial charge in [0, 0.05) is 10.1 Å². The highest BCUT2D eigenvalue weighted by atomic mass is 127. The normalized spacial score (nSPS) is 10.6. The lowest BCUT2D eigenvalue weighted by atomic mass is 10.4. The fourth-order valence-corrected chi connectivity index (χ4v) is 2.95. The Kier molecular flexibility index (Phi) is 2.63. The highest BCUT2D eigenvalue weighted by molar-refractivity contribution is 14.1. The van der Waals surface area contributed by atoms with E-state index in [1.807, 2.05) is 4.57 Å². The molecule has 0 saturated heterocycles. The van der Waals surface area contributed by atoms with Crippen LogP contribution < -0.4 is 0 Å². The van der Waals surface area contributed by atoms with Gasteiger partial charge in [0.05, 0.1) is 4.88 Å². The van der Waals surface area contributed by atoms with Crippen molar-refractivity contribution < 1.29 is 0 Å². The van der Waals surface area contributed by atoms with E-state index in [1.54, 1.807) is 17.7 Å². The molecular formula is C8H8IN3S. The van der Waals surface area contributed by atoms with Gasteiger partial charge in [-0.1, -0.05) is 0 Å². The summed E-state index contributed by atoms with van der Waals surface area (Å²) in [4.78, 5) is 1.21. The predicted octanol–water partition coefficient (Wildman–Crippen LogP) is 2.63. The topological polar surface area (TPSA) is 30.7 Å². The largest absolute Gasteiger partial charge is 0.313 e. The smallest absolute Gasteiger partial charge is 0.174 e. The second-order valence-corrected chi connectivity index (χ2v) is 4.62. The fraction of sp³-hybridized carbons (Fsp3) is 0.250. The molecule has 0 aromatic carbocycles. The van der Waals surface area contributed by atoms with Crippen molar-refractivity contribution in [2.75, 3.05) is 0 Å². The number of hydrogen-bond donors (Lipinski definition) is 0. The molecule has 3 nitrogen and oxygen atoms in total. The van der Waals surface area contributed by atoms with Gasteiger partial charge >= 0.3 is 0 Å². The Hall–Kier alpha value is -0.430. The van der Waals surface area contributed by atoms with Gasteiger partial charge in [0.25, 0.3) is 0 Å². The Morgan fingerprint density at radius 3 is 3.08 bits per heavy atom. The van der Waals surface area contributed by atoms with Gasteiger partial charge in [-0.15, -0.1) is 21.5 Å². The van der Waals surface area contributed by atoms with Crippen LogP contribution >= 0.6 is 33.9 Å². The molecule has 0 unspecified atom stereocenters. The molecule has 0 aliphatic rings. The molecule has 13 heavy (non-hydrogen) atoms. The summed E-state index contributed by atoms with van der Waals surface area (Å²) in [5.41, 5.74) is 0. The van der Waals surface area contributed by atoms with Gasteiger partial charge in [-0.3, -0.25) is 0 Å². The maximum atomic E-state index is 4.11. The Morgan fingerprint density at radius 1 is 1.62 bits per heavy atom. The molecule has 0 aliphatic heterocycles. The molecule has 0 atom stereocenters. The lowest BCUT2D eigenvalue weighted by Crippen LogP contribution is -1.95. The van der Waals surface area contributed by atoms with Crippen LogP contribution in [0.5, 0.6) is 0 Å². The number of nitrogens with zero attached hydrogens (tertiary/aromatic N) is 3. The van der Waals surface area contributed by atoms with E-state index < -0.39 is 0 Å². The number of rotatable bonds is 2. The SMILES string of the molecule is CCn1cnnc1-c1sccc1I. The van der Waals surface area contributed by atoms with Crippen LogP contribution in [-0.4, -0.2) is 14.8 Å². The maximum absolute atomic E-state index is 4.11. The van der Waals surface area contributed by atoms with Gasteiger partial charge in [-0.2, -0.15) is 0 Å². The van der Waals surface area contributed by atoms with Crippen LogP contribution in [0.4, 0.5) is 0 Å². The van der Waals surface area contributed by atoms with E-state index in [2.05, 4.69) is 51.2 Å². The van der Waals surface area contributed by atoms with Crippen molar-refractivity contribution in [3.05, 3.63) is 21.3 Å². The molecular weight excluding hydrogens is 297 g/mol. The first-order valence-electron chi connectivity index (χ1n) is 3.94. The number of aromatic nitrogens is 3. The molecule has 0 spiro atoms. The number of thiophene rings is 1. The predicted molar refractivity (Wildman–Crippen MR) is 61.7 cm³/mol. The average Bonchev–Trinajstić information content (AvgIpc) is 2.71. The van der Waals surface area contributed by atoms with Crippen LogP contribution in [0.1, 0.15) is 6.92 Å². The molecule has 5 heteroatoms. The summed E-state index contributed by atoms with van der Waals surface area (Å²) in [6.07, 6.45) is 1.77. The van der Waals surface area contributed by atoms with Gasteiger partial charge < -0.3 is 4.57 Å². The molecule has 68 valence electrons. The van der Waals surface area contributed by atoms with Crippen LogP contribution in [0.15, 0.2) is 17.8 Å². The van der Waals surface area contributed by atoms with E-state index in [9.17, 15) is 0 Å². The Balaban J connectivity index is 2.52. The zero-order valence-corrected chi connectivity index (χ0v) is 10.0. The second-order valence-electron chi connectivity index (χ2n) is 2.54. The van der Waals surface area contributed by atoms with Gasteiger partial charge in [0.2, 0.25) is 0 Å². The molecule has 2 rings (SSSR count). The molecule has 2 aromatic rings. The highest BCUT2D eigenvalue weighted by Crippen LogP contribution is 2.28.